The van der Waals surface area contributed by atoms with Crippen molar-refractivity contribution in [1.82, 2.24) is 10.6 Å². The molecule has 2 amide bonds. The number of methoxy groups -OCH3 is 1. The van der Waals surface area contributed by atoms with Crippen LogP contribution in [0.15, 0.2) is 24.3 Å². The predicted molar refractivity (Wildman–Crippen MR) is 73.2 cm³/mol. The minimum absolute atomic E-state index is 0.0541. The van der Waals surface area contributed by atoms with Crippen LogP contribution in [0.3, 0.4) is 0 Å². The molecular formula is C13H17ClN2O3. The number of benzene rings is 1. The lowest BCUT2D eigenvalue weighted by atomic mass is 10.1. The molecule has 0 atom stereocenters. The number of amides is 2. The van der Waals surface area contributed by atoms with Gasteiger partial charge in [0, 0.05) is 24.5 Å². The molecule has 0 radical (unpaired) electrons. The summed E-state index contributed by atoms with van der Waals surface area (Å²) in [5.41, 5.74) is 1.06. The minimum atomic E-state index is -0.504. The van der Waals surface area contributed by atoms with E-state index in [1.165, 1.54) is 7.11 Å². The number of alkyl carbamates (subject to hydrolysis) is 1. The lowest BCUT2D eigenvalue weighted by Crippen LogP contribution is -2.34. The molecule has 0 aliphatic rings. The summed E-state index contributed by atoms with van der Waals surface area (Å²) in [5.74, 6) is -0.0541. The third-order valence-electron chi connectivity index (χ3n) is 2.46. The molecule has 0 aliphatic heterocycles. The summed E-state index contributed by atoms with van der Waals surface area (Å²) in [6.45, 7) is 0.730. The van der Waals surface area contributed by atoms with E-state index in [-0.39, 0.29) is 5.91 Å². The summed E-state index contributed by atoms with van der Waals surface area (Å²) in [4.78, 5) is 22.3. The maximum Gasteiger partial charge on any atom is 0.406 e. The molecule has 1 aromatic carbocycles. The average molecular weight is 285 g/mol. The van der Waals surface area contributed by atoms with Gasteiger partial charge in [0.05, 0.1) is 7.11 Å². The van der Waals surface area contributed by atoms with Crippen molar-refractivity contribution >= 4 is 23.6 Å². The van der Waals surface area contributed by atoms with Crippen molar-refractivity contribution in [3.63, 3.8) is 0 Å². The Morgan fingerprint density at radius 1 is 1.16 bits per heavy atom. The van der Waals surface area contributed by atoms with Gasteiger partial charge in [0.2, 0.25) is 5.91 Å². The van der Waals surface area contributed by atoms with Gasteiger partial charge >= 0.3 is 6.09 Å². The molecule has 0 unspecified atom stereocenters. The number of halogens is 1. The molecule has 1 rings (SSSR count). The molecule has 0 heterocycles. The van der Waals surface area contributed by atoms with Gasteiger partial charge in [-0.25, -0.2) is 4.79 Å². The van der Waals surface area contributed by atoms with E-state index in [0.29, 0.717) is 31.0 Å². The van der Waals surface area contributed by atoms with E-state index >= 15 is 0 Å². The molecule has 0 saturated carbocycles. The molecule has 0 aromatic heterocycles. The zero-order valence-electron chi connectivity index (χ0n) is 10.7. The summed E-state index contributed by atoms with van der Waals surface area (Å²) in [6.07, 6.45) is 0.559. The van der Waals surface area contributed by atoms with Gasteiger partial charge < -0.3 is 15.4 Å². The number of aryl methyl sites for hydroxylation is 1. The Kier molecular flexibility index (Phi) is 6.74. The van der Waals surface area contributed by atoms with Crippen LogP contribution in [0.4, 0.5) is 4.79 Å². The molecule has 19 heavy (non-hydrogen) atoms. The SMILES string of the molecule is COC(=O)NCCNC(=O)CCc1ccc(Cl)cc1. The van der Waals surface area contributed by atoms with E-state index in [4.69, 9.17) is 11.6 Å². The minimum Gasteiger partial charge on any atom is -0.453 e. The molecule has 0 aliphatic carbocycles. The van der Waals surface area contributed by atoms with Crippen LogP contribution < -0.4 is 10.6 Å². The molecular weight excluding hydrogens is 268 g/mol. The Bertz CT molecular complexity index is 420. The molecule has 104 valence electrons. The first-order valence-corrected chi connectivity index (χ1v) is 6.32. The van der Waals surface area contributed by atoms with Crippen molar-refractivity contribution in [2.45, 2.75) is 12.8 Å². The number of carbonyl (C=O) groups is 2. The van der Waals surface area contributed by atoms with Gasteiger partial charge in [-0.15, -0.1) is 0 Å². The summed E-state index contributed by atoms with van der Waals surface area (Å²) >= 11 is 5.77. The van der Waals surface area contributed by atoms with Crippen LogP contribution >= 0.6 is 11.6 Å². The molecule has 0 fully saturated rings. The van der Waals surface area contributed by atoms with Crippen LogP contribution in [0.5, 0.6) is 0 Å². The van der Waals surface area contributed by atoms with E-state index < -0.39 is 6.09 Å². The highest BCUT2D eigenvalue weighted by Crippen LogP contribution is 2.10. The van der Waals surface area contributed by atoms with Gasteiger partial charge in [0.25, 0.3) is 0 Å². The molecule has 0 saturated heterocycles. The van der Waals surface area contributed by atoms with Gasteiger partial charge in [-0.1, -0.05) is 23.7 Å². The first-order valence-electron chi connectivity index (χ1n) is 5.95. The van der Waals surface area contributed by atoms with E-state index in [0.717, 1.165) is 5.56 Å². The number of nitrogens with one attached hydrogen (secondary N) is 2. The van der Waals surface area contributed by atoms with Crippen LogP contribution in [-0.2, 0) is 16.0 Å². The number of carbonyl (C=O) groups excluding carboxylic acids is 2. The number of hydrogen-bond donors (Lipinski definition) is 2. The second-order valence-corrected chi connectivity index (χ2v) is 4.33. The molecule has 6 heteroatoms. The van der Waals surface area contributed by atoms with E-state index in [2.05, 4.69) is 15.4 Å². The Balaban J connectivity index is 2.14. The standard InChI is InChI=1S/C13H17ClN2O3/c1-19-13(18)16-9-8-15-12(17)7-4-10-2-5-11(14)6-3-10/h2-3,5-6H,4,7-9H2,1H3,(H,15,17)(H,16,18). The van der Waals surface area contributed by atoms with Crippen molar-refractivity contribution in [3.05, 3.63) is 34.9 Å². The topological polar surface area (TPSA) is 67.4 Å². The number of rotatable bonds is 6. The van der Waals surface area contributed by atoms with Crippen LogP contribution in [-0.4, -0.2) is 32.2 Å². The molecule has 1 aromatic rings. The van der Waals surface area contributed by atoms with Gasteiger partial charge in [0.1, 0.15) is 0 Å². The zero-order chi connectivity index (χ0) is 14.1. The van der Waals surface area contributed by atoms with Gasteiger partial charge in [-0.2, -0.15) is 0 Å². The van der Waals surface area contributed by atoms with Crippen molar-refractivity contribution in [2.24, 2.45) is 0 Å². The predicted octanol–water partition coefficient (Wildman–Crippen LogP) is 1.74. The van der Waals surface area contributed by atoms with E-state index in [1.807, 2.05) is 12.1 Å². The third-order valence-corrected chi connectivity index (χ3v) is 2.71. The fourth-order valence-electron chi connectivity index (χ4n) is 1.44. The monoisotopic (exact) mass is 284 g/mol. The first-order chi connectivity index (χ1) is 9.11. The quantitative estimate of drug-likeness (QED) is 0.782. The maximum atomic E-state index is 11.5. The van der Waals surface area contributed by atoms with Crippen molar-refractivity contribution in [3.8, 4) is 0 Å². The van der Waals surface area contributed by atoms with E-state index in [9.17, 15) is 9.59 Å². The van der Waals surface area contributed by atoms with Crippen LogP contribution in [0.25, 0.3) is 0 Å². The number of hydrogen-bond acceptors (Lipinski definition) is 3. The van der Waals surface area contributed by atoms with E-state index in [1.54, 1.807) is 12.1 Å². The highest BCUT2D eigenvalue weighted by Gasteiger charge is 2.02. The van der Waals surface area contributed by atoms with Crippen molar-refractivity contribution in [2.75, 3.05) is 20.2 Å². The fraction of sp³-hybridized carbons (Fsp3) is 0.385. The van der Waals surface area contributed by atoms with Gasteiger partial charge in [-0.05, 0) is 24.1 Å². The summed E-state index contributed by atoms with van der Waals surface area (Å²) < 4.78 is 4.40. The molecule has 2 N–H and O–H groups in total. The second-order valence-electron chi connectivity index (χ2n) is 3.89. The fourth-order valence-corrected chi connectivity index (χ4v) is 1.56. The normalized spacial score (nSPS) is 9.79. The van der Waals surface area contributed by atoms with Crippen LogP contribution in [0.1, 0.15) is 12.0 Å². The Labute approximate surface area is 117 Å². The van der Waals surface area contributed by atoms with Crippen molar-refractivity contribution < 1.29 is 14.3 Å². The summed E-state index contributed by atoms with van der Waals surface area (Å²) in [5, 5.41) is 5.87. The molecule has 0 bridgehead atoms. The lowest BCUT2D eigenvalue weighted by Gasteiger charge is -2.06. The Hall–Kier alpha value is -1.75. The van der Waals surface area contributed by atoms with Crippen molar-refractivity contribution in [1.29, 1.82) is 0 Å². The van der Waals surface area contributed by atoms with Crippen LogP contribution in [0, 0.1) is 0 Å². The summed E-state index contributed by atoms with van der Waals surface area (Å²) in [7, 11) is 1.29. The second kappa shape index (κ2) is 8.37. The Morgan fingerprint density at radius 3 is 2.42 bits per heavy atom. The molecule has 5 nitrogen and oxygen atoms in total. The smallest absolute Gasteiger partial charge is 0.406 e. The summed E-state index contributed by atoms with van der Waals surface area (Å²) in [6, 6.07) is 7.40. The lowest BCUT2D eigenvalue weighted by molar-refractivity contribution is -0.121. The zero-order valence-corrected chi connectivity index (χ0v) is 11.5. The highest BCUT2D eigenvalue weighted by atomic mass is 35.5. The first kappa shape index (κ1) is 15.3. The van der Waals surface area contributed by atoms with Crippen LogP contribution in [0.2, 0.25) is 5.02 Å². The largest absolute Gasteiger partial charge is 0.453 e. The van der Waals surface area contributed by atoms with Gasteiger partial charge in [-0.3, -0.25) is 4.79 Å². The number of ether oxygens (including phenoxy) is 1. The third kappa shape index (κ3) is 6.67. The van der Waals surface area contributed by atoms with Gasteiger partial charge in [0.15, 0.2) is 0 Å². The highest BCUT2D eigenvalue weighted by molar-refractivity contribution is 6.30. The maximum absolute atomic E-state index is 11.5. The average Bonchev–Trinajstić information content (AvgIpc) is 2.42. The Morgan fingerprint density at radius 2 is 1.79 bits per heavy atom. The molecule has 0 spiro atoms.